The van der Waals surface area contributed by atoms with E-state index in [2.05, 4.69) is 17.1 Å². The molecule has 2 fully saturated rings. The Morgan fingerprint density at radius 2 is 2.20 bits per heavy atom. The summed E-state index contributed by atoms with van der Waals surface area (Å²) in [5.41, 5.74) is 5.93. The van der Waals surface area contributed by atoms with Crippen molar-refractivity contribution in [2.24, 2.45) is 11.7 Å². The van der Waals surface area contributed by atoms with Gasteiger partial charge < -0.3 is 11.1 Å². The summed E-state index contributed by atoms with van der Waals surface area (Å²) >= 11 is 0. The minimum atomic E-state index is 0.181. The first-order valence-corrected chi connectivity index (χ1v) is 5.92. The summed E-state index contributed by atoms with van der Waals surface area (Å²) in [4.78, 5) is 13.8. The van der Waals surface area contributed by atoms with Gasteiger partial charge in [0.25, 0.3) is 0 Å². The van der Waals surface area contributed by atoms with Crippen LogP contribution in [0.4, 0.5) is 0 Å². The predicted octanol–water partition coefficient (Wildman–Crippen LogP) is -0.0659. The minimum Gasteiger partial charge on any atom is -0.352 e. The molecule has 4 heteroatoms. The summed E-state index contributed by atoms with van der Waals surface area (Å²) in [6.45, 7) is 4.63. The fraction of sp³-hybridized carbons (Fsp3) is 0.909. The van der Waals surface area contributed by atoms with E-state index in [9.17, 15) is 4.79 Å². The summed E-state index contributed by atoms with van der Waals surface area (Å²) in [5.74, 6) is 0.688. The Morgan fingerprint density at radius 3 is 2.80 bits per heavy atom. The van der Waals surface area contributed by atoms with Crippen LogP contribution < -0.4 is 11.1 Å². The summed E-state index contributed by atoms with van der Waals surface area (Å²) < 4.78 is 0. The van der Waals surface area contributed by atoms with E-state index in [1.165, 1.54) is 0 Å². The molecule has 2 atom stereocenters. The first-order chi connectivity index (χ1) is 7.15. The first kappa shape index (κ1) is 10.9. The summed E-state index contributed by atoms with van der Waals surface area (Å²) in [5, 5.41) is 3.02. The predicted molar refractivity (Wildman–Crippen MR) is 59.4 cm³/mol. The quantitative estimate of drug-likeness (QED) is 0.687. The molecule has 1 amide bonds. The van der Waals surface area contributed by atoms with E-state index < -0.39 is 0 Å². The van der Waals surface area contributed by atoms with E-state index in [0.717, 1.165) is 32.4 Å². The van der Waals surface area contributed by atoms with E-state index in [-0.39, 0.29) is 5.91 Å². The molecule has 0 aromatic carbocycles. The van der Waals surface area contributed by atoms with Gasteiger partial charge in [-0.25, -0.2) is 0 Å². The van der Waals surface area contributed by atoms with Crippen molar-refractivity contribution in [2.45, 2.75) is 38.3 Å². The second-order valence-electron chi connectivity index (χ2n) is 5.01. The lowest BCUT2D eigenvalue weighted by atomic mass is 9.95. The molecule has 4 nitrogen and oxygen atoms in total. The van der Waals surface area contributed by atoms with Crippen molar-refractivity contribution in [3.63, 3.8) is 0 Å². The van der Waals surface area contributed by atoms with Gasteiger partial charge in [0.05, 0.1) is 6.54 Å². The normalized spacial score (nSPS) is 32.7. The van der Waals surface area contributed by atoms with Crippen molar-refractivity contribution >= 4 is 5.91 Å². The van der Waals surface area contributed by atoms with Crippen LogP contribution in [0.15, 0.2) is 0 Å². The third-order valence-corrected chi connectivity index (χ3v) is 3.37. The van der Waals surface area contributed by atoms with Crippen LogP contribution in [-0.4, -0.2) is 42.5 Å². The molecule has 0 radical (unpaired) electrons. The number of amides is 1. The molecule has 0 aromatic heterocycles. The lowest BCUT2D eigenvalue weighted by Crippen LogP contribution is -2.49. The van der Waals surface area contributed by atoms with Gasteiger partial charge in [-0.05, 0) is 25.2 Å². The Kier molecular flexibility index (Phi) is 3.26. The van der Waals surface area contributed by atoms with Crippen LogP contribution in [0, 0.1) is 5.92 Å². The molecule has 2 unspecified atom stereocenters. The highest BCUT2D eigenvalue weighted by atomic mass is 16.2. The van der Waals surface area contributed by atoms with Crippen LogP contribution in [0.3, 0.4) is 0 Å². The van der Waals surface area contributed by atoms with E-state index in [0.29, 0.717) is 24.5 Å². The fourth-order valence-corrected chi connectivity index (χ4v) is 2.10. The summed E-state index contributed by atoms with van der Waals surface area (Å²) in [6, 6.07) is 0.787. The highest BCUT2D eigenvalue weighted by Crippen LogP contribution is 2.19. The van der Waals surface area contributed by atoms with E-state index in [4.69, 9.17) is 5.73 Å². The average molecular weight is 211 g/mol. The smallest absolute Gasteiger partial charge is 0.234 e. The van der Waals surface area contributed by atoms with Crippen LogP contribution in [0.1, 0.15) is 26.2 Å². The van der Waals surface area contributed by atoms with E-state index in [1.807, 2.05) is 0 Å². The number of carbonyl (C=O) groups excluding carboxylic acids is 1. The maximum absolute atomic E-state index is 11.6. The Bertz CT molecular complexity index is 240. The Morgan fingerprint density at radius 1 is 1.47 bits per heavy atom. The third-order valence-electron chi connectivity index (χ3n) is 3.37. The molecule has 1 saturated carbocycles. The molecule has 2 aliphatic rings. The van der Waals surface area contributed by atoms with Crippen LogP contribution in [0.25, 0.3) is 0 Å². The number of likely N-dealkylation sites (tertiary alicyclic amines) is 1. The van der Waals surface area contributed by atoms with Gasteiger partial charge in [0.15, 0.2) is 0 Å². The number of piperidine rings is 1. The molecule has 2 rings (SSSR count). The van der Waals surface area contributed by atoms with Crippen molar-refractivity contribution < 1.29 is 4.79 Å². The van der Waals surface area contributed by atoms with Gasteiger partial charge in [-0.3, -0.25) is 9.69 Å². The molecule has 1 heterocycles. The number of rotatable bonds is 3. The highest BCUT2D eigenvalue weighted by Gasteiger charge is 2.27. The lowest BCUT2D eigenvalue weighted by Gasteiger charge is -2.34. The van der Waals surface area contributed by atoms with E-state index in [1.54, 1.807) is 0 Å². The molecule has 1 aliphatic carbocycles. The number of carbonyl (C=O) groups is 1. The van der Waals surface area contributed by atoms with Gasteiger partial charge in [0.2, 0.25) is 5.91 Å². The van der Waals surface area contributed by atoms with Crippen molar-refractivity contribution in [2.75, 3.05) is 19.6 Å². The number of hydrogen-bond donors (Lipinski definition) is 2. The van der Waals surface area contributed by atoms with Crippen LogP contribution in [0.2, 0.25) is 0 Å². The van der Waals surface area contributed by atoms with E-state index >= 15 is 0 Å². The Hall–Kier alpha value is -0.610. The zero-order valence-corrected chi connectivity index (χ0v) is 9.41. The zero-order valence-electron chi connectivity index (χ0n) is 9.41. The third kappa shape index (κ3) is 3.18. The molecule has 1 saturated heterocycles. The van der Waals surface area contributed by atoms with Gasteiger partial charge in [0, 0.05) is 25.2 Å². The van der Waals surface area contributed by atoms with Crippen LogP contribution in [-0.2, 0) is 4.79 Å². The summed E-state index contributed by atoms with van der Waals surface area (Å²) in [6.07, 6.45) is 3.33. The zero-order chi connectivity index (χ0) is 10.8. The van der Waals surface area contributed by atoms with Gasteiger partial charge in [0.1, 0.15) is 0 Å². The molecule has 3 N–H and O–H groups in total. The lowest BCUT2D eigenvalue weighted by molar-refractivity contribution is -0.122. The fourth-order valence-electron chi connectivity index (χ4n) is 2.10. The molecule has 15 heavy (non-hydrogen) atoms. The minimum absolute atomic E-state index is 0.181. The average Bonchev–Trinajstić information content (AvgIpc) is 2.95. The van der Waals surface area contributed by atoms with Crippen molar-refractivity contribution in [1.82, 2.24) is 10.2 Å². The maximum atomic E-state index is 11.6. The van der Waals surface area contributed by atoms with Crippen molar-refractivity contribution in [1.29, 1.82) is 0 Å². The molecule has 0 bridgehead atoms. The van der Waals surface area contributed by atoms with Crippen LogP contribution in [0.5, 0.6) is 0 Å². The molecule has 0 spiro atoms. The van der Waals surface area contributed by atoms with Crippen LogP contribution >= 0.6 is 0 Å². The number of nitrogens with two attached hydrogens (primary N) is 1. The first-order valence-electron chi connectivity index (χ1n) is 5.92. The standard InChI is InChI=1S/C11H21N3O/c1-8-6-14(5-4-10(8)12)7-11(15)13-9-2-3-9/h8-10H,2-7,12H2,1H3,(H,13,15). The Balaban J connectivity index is 1.71. The molecule has 0 aromatic rings. The Labute approximate surface area is 91.2 Å². The second-order valence-corrected chi connectivity index (χ2v) is 5.01. The SMILES string of the molecule is CC1CN(CC(=O)NC2CC2)CCC1N. The number of hydrogen-bond acceptors (Lipinski definition) is 3. The van der Waals surface area contributed by atoms with Crippen molar-refractivity contribution in [3.05, 3.63) is 0 Å². The molecular weight excluding hydrogens is 190 g/mol. The number of nitrogens with one attached hydrogen (secondary N) is 1. The molecule has 86 valence electrons. The summed E-state index contributed by atoms with van der Waals surface area (Å²) in [7, 11) is 0. The molecular formula is C11H21N3O. The van der Waals surface area contributed by atoms with Crippen molar-refractivity contribution in [3.8, 4) is 0 Å². The highest BCUT2D eigenvalue weighted by molar-refractivity contribution is 5.78. The van der Waals surface area contributed by atoms with Gasteiger partial charge >= 0.3 is 0 Å². The topological polar surface area (TPSA) is 58.4 Å². The van der Waals surface area contributed by atoms with Gasteiger partial charge in [-0.1, -0.05) is 6.92 Å². The number of nitrogens with zero attached hydrogens (tertiary/aromatic N) is 1. The largest absolute Gasteiger partial charge is 0.352 e. The van der Waals surface area contributed by atoms with Gasteiger partial charge in [-0.2, -0.15) is 0 Å². The maximum Gasteiger partial charge on any atom is 0.234 e. The van der Waals surface area contributed by atoms with Gasteiger partial charge in [-0.15, -0.1) is 0 Å². The monoisotopic (exact) mass is 211 g/mol. The second kappa shape index (κ2) is 4.49. The molecule has 1 aliphatic heterocycles.